The van der Waals surface area contributed by atoms with Crippen molar-refractivity contribution in [2.45, 2.75) is 19.4 Å². The lowest BCUT2D eigenvalue weighted by atomic mass is 10.2. The van der Waals surface area contributed by atoms with Gasteiger partial charge in [0.15, 0.2) is 0 Å². The van der Waals surface area contributed by atoms with Gasteiger partial charge in [-0.15, -0.1) is 11.3 Å². The van der Waals surface area contributed by atoms with Crippen LogP contribution < -0.4 is 5.73 Å². The zero-order valence-corrected chi connectivity index (χ0v) is 10.6. The number of aromatic nitrogens is 3. The normalized spacial score (nSPS) is 13.0. The number of fused-ring (bicyclic) bond motifs is 1. The Morgan fingerprint density at radius 2 is 2.39 bits per heavy atom. The molecule has 0 aromatic carbocycles. The second-order valence-electron chi connectivity index (χ2n) is 4.00. The number of thiophene rings is 1. The summed E-state index contributed by atoms with van der Waals surface area (Å²) in [6.07, 6.45) is 2.52. The molecular formula is C12H12N4OS. The molecule has 1 atom stereocenters. The Morgan fingerprint density at radius 3 is 3.22 bits per heavy atom. The van der Waals surface area contributed by atoms with Crippen molar-refractivity contribution in [1.82, 2.24) is 15.1 Å². The second kappa shape index (κ2) is 4.47. The average Bonchev–Trinajstić information content (AvgIpc) is 3.05. The molecule has 6 heteroatoms. The van der Waals surface area contributed by atoms with E-state index in [2.05, 4.69) is 15.1 Å². The minimum absolute atomic E-state index is 0.204. The SMILES string of the molecule is CC[C@@H](N)c1nc(-c2cnc3ccsc3c2)no1. The molecule has 0 spiro atoms. The third-order valence-electron chi connectivity index (χ3n) is 2.76. The van der Waals surface area contributed by atoms with Gasteiger partial charge in [0.05, 0.1) is 16.3 Å². The maximum Gasteiger partial charge on any atom is 0.243 e. The van der Waals surface area contributed by atoms with Crippen LogP contribution in [0.5, 0.6) is 0 Å². The summed E-state index contributed by atoms with van der Waals surface area (Å²) in [5.41, 5.74) is 7.68. The van der Waals surface area contributed by atoms with Crippen LogP contribution in [0.2, 0.25) is 0 Å². The summed E-state index contributed by atoms with van der Waals surface area (Å²) in [4.78, 5) is 8.65. The van der Waals surface area contributed by atoms with Gasteiger partial charge in [-0.3, -0.25) is 4.98 Å². The summed E-state index contributed by atoms with van der Waals surface area (Å²) in [5, 5.41) is 5.96. The number of nitrogens with zero attached hydrogens (tertiary/aromatic N) is 3. The minimum Gasteiger partial charge on any atom is -0.337 e. The van der Waals surface area contributed by atoms with E-state index in [1.807, 2.05) is 24.4 Å². The molecule has 0 bridgehead atoms. The molecule has 3 rings (SSSR count). The lowest BCUT2D eigenvalue weighted by Crippen LogP contribution is -2.08. The van der Waals surface area contributed by atoms with Gasteiger partial charge in [0.25, 0.3) is 0 Å². The fourth-order valence-electron chi connectivity index (χ4n) is 1.65. The van der Waals surface area contributed by atoms with E-state index in [0.717, 1.165) is 22.2 Å². The highest BCUT2D eigenvalue weighted by Crippen LogP contribution is 2.25. The van der Waals surface area contributed by atoms with Crippen molar-refractivity contribution in [3.63, 3.8) is 0 Å². The van der Waals surface area contributed by atoms with Crippen molar-refractivity contribution in [3.8, 4) is 11.4 Å². The van der Waals surface area contributed by atoms with Gasteiger partial charge in [0.1, 0.15) is 0 Å². The lowest BCUT2D eigenvalue weighted by molar-refractivity contribution is 0.352. The summed E-state index contributed by atoms with van der Waals surface area (Å²) >= 11 is 1.64. The maximum atomic E-state index is 5.85. The predicted molar refractivity (Wildman–Crippen MR) is 70.1 cm³/mol. The molecule has 0 fully saturated rings. The first-order valence-electron chi connectivity index (χ1n) is 5.70. The highest BCUT2D eigenvalue weighted by Gasteiger charge is 2.14. The second-order valence-corrected chi connectivity index (χ2v) is 4.95. The molecule has 0 aliphatic carbocycles. The van der Waals surface area contributed by atoms with Crippen LogP contribution in [-0.2, 0) is 0 Å². The van der Waals surface area contributed by atoms with Crippen molar-refractivity contribution in [3.05, 3.63) is 29.6 Å². The molecule has 0 amide bonds. The van der Waals surface area contributed by atoms with Gasteiger partial charge in [0.2, 0.25) is 11.7 Å². The van der Waals surface area contributed by atoms with Gasteiger partial charge < -0.3 is 10.3 Å². The molecule has 3 heterocycles. The molecule has 5 nitrogen and oxygen atoms in total. The van der Waals surface area contributed by atoms with E-state index in [1.165, 1.54) is 0 Å². The van der Waals surface area contributed by atoms with Gasteiger partial charge >= 0.3 is 0 Å². The van der Waals surface area contributed by atoms with E-state index in [1.54, 1.807) is 17.5 Å². The molecule has 0 saturated carbocycles. The average molecular weight is 260 g/mol. The monoisotopic (exact) mass is 260 g/mol. The number of pyridine rings is 1. The Bertz CT molecular complexity index is 675. The predicted octanol–water partition coefficient (Wildman–Crippen LogP) is 2.76. The van der Waals surface area contributed by atoms with Gasteiger partial charge in [0, 0.05) is 11.8 Å². The smallest absolute Gasteiger partial charge is 0.243 e. The molecule has 0 unspecified atom stereocenters. The Kier molecular flexibility index (Phi) is 2.81. The van der Waals surface area contributed by atoms with E-state index < -0.39 is 0 Å². The quantitative estimate of drug-likeness (QED) is 0.783. The van der Waals surface area contributed by atoms with Crippen LogP contribution in [0.3, 0.4) is 0 Å². The van der Waals surface area contributed by atoms with Crippen LogP contribution in [-0.4, -0.2) is 15.1 Å². The standard InChI is InChI=1S/C12H12N4OS/c1-2-8(13)12-15-11(16-17-12)7-5-10-9(14-6-7)3-4-18-10/h3-6,8H,2,13H2,1H3/t8-/m1/s1. The first-order chi connectivity index (χ1) is 8.78. The van der Waals surface area contributed by atoms with Crippen LogP contribution in [0.4, 0.5) is 0 Å². The molecule has 3 aromatic rings. The van der Waals surface area contributed by atoms with E-state index >= 15 is 0 Å². The third kappa shape index (κ3) is 1.89. The van der Waals surface area contributed by atoms with E-state index in [4.69, 9.17) is 10.3 Å². The third-order valence-corrected chi connectivity index (χ3v) is 3.61. The number of hydrogen-bond donors (Lipinski definition) is 1. The fraction of sp³-hybridized carbons (Fsp3) is 0.250. The van der Waals surface area contributed by atoms with Crippen molar-refractivity contribution in [2.24, 2.45) is 5.73 Å². The molecule has 2 N–H and O–H groups in total. The Hall–Kier alpha value is -1.79. The van der Waals surface area contributed by atoms with E-state index in [0.29, 0.717) is 11.7 Å². The lowest BCUT2D eigenvalue weighted by Gasteiger charge is -1.99. The fourth-order valence-corrected chi connectivity index (χ4v) is 2.43. The summed E-state index contributed by atoms with van der Waals surface area (Å²) < 4.78 is 6.26. The maximum absolute atomic E-state index is 5.85. The first-order valence-corrected chi connectivity index (χ1v) is 6.58. The van der Waals surface area contributed by atoms with Gasteiger partial charge in [-0.05, 0) is 23.9 Å². The highest BCUT2D eigenvalue weighted by atomic mass is 32.1. The summed E-state index contributed by atoms with van der Waals surface area (Å²) in [6.45, 7) is 1.98. The Morgan fingerprint density at radius 1 is 1.50 bits per heavy atom. The van der Waals surface area contributed by atoms with Crippen molar-refractivity contribution in [2.75, 3.05) is 0 Å². The van der Waals surface area contributed by atoms with E-state index in [9.17, 15) is 0 Å². The van der Waals surface area contributed by atoms with Gasteiger partial charge in [-0.25, -0.2) is 0 Å². The van der Waals surface area contributed by atoms with Gasteiger partial charge in [-0.2, -0.15) is 4.98 Å². The van der Waals surface area contributed by atoms with Crippen LogP contribution in [0, 0.1) is 0 Å². The van der Waals surface area contributed by atoms with Crippen LogP contribution in [0.15, 0.2) is 28.2 Å². The summed E-state index contributed by atoms with van der Waals surface area (Å²) in [5.74, 6) is 1.01. The van der Waals surface area contributed by atoms with Crippen LogP contribution in [0.1, 0.15) is 25.3 Å². The number of nitrogens with two attached hydrogens (primary N) is 1. The topological polar surface area (TPSA) is 77.8 Å². The Labute approximate surface area is 108 Å². The Balaban J connectivity index is 2.00. The molecular weight excluding hydrogens is 248 g/mol. The summed E-state index contributed by atoms with van der Waals surface area (Å²) in [7, 11) is 0. The van der Waals surface area contributed by atoms with Crippen LogP contribution >= 0.6 is 11.3 Å². The number of rotatable bonds is 3. The van der Waals surface area contributed by atoms with E-state index in [-0.39, 0.29) is 6.04 Å². The number of hydrogen-bond acceptors (Lipinski definition) is 6. The van der Waals surface area contributed by atoms with Crippen LogP contribution in [0.25, 0.3) is 21.6 Å². The van der Waals surface area contributed by atoms with Crippen molar-refractivity contribution >= 4 is 21.6 Å². The molecule has 0 aliphatic heterocycles. The van der Waals surface area contributed by atoms with Crippen molar-refractivity contribution in [1.29, 1.82) is 0 Å². The van der Waals surface area contributed by atoms with Gasteiger partial charge in [-0.1, -0.05) is 12.1 Å². The molecule has 0 radical (unpaired) electrons. The molecule has 0 aliphatic rings. The molecule has 3 aromatic heterocycles. The molecule has 18 heavy (non-hydrogen) atoms. The molecule has 0 saturated heterocycles. The minimum atomic E-state index is -0.204. The molecule has 92 valence electrons. The zero-order valence-electron chi connectivity index (χ0n) is 9.83. The highest BCUT2D eigenvalue weighted by molar-refractivity contribution is 7.17. The summed E-state index contributed by atoms with van der Waals surface area (Å²) in [6, 6.07) is 3.79. The largest absolute Gasteiger partial charge is 0.337 e. The first kappa shape index (κ1) is 11.3. The zero-order chi connectivity index (χ0) is 12.5. The van der Waals surface area contributed by atoms with Crippen molar-refractivity contribution < 1.29 is 4.52 Å².